The van der Waals surface area contributed by atoms with Gasteiger partial charge in [-0.15, -0.1) is 0 Å². The molecule has 1 aliphatic rings. The smallest absolute Gasteiger partial charge is 0.316 e. The Morgan fingerprint density at radius 2 is 2.38 bits per heavy atom. The molecule has 0 spiro atoms. The third-order valence-electron chi connectivity index (χ3n) is 3.41. The molecule has 0 aliphatic carbocycles. The second kappa shape index (κ2) is 6.05. The molecule has 2 heterocycles. The molecule has 0 unspecified atom stereocenters. The van der Waals surface area contributed by atoms with Crippen molar-refractivity contribution < 1.29 is 14.1 Å². The summed E-state index contributed by atoms with van der Waals surface area (Å²) in [5.41, 5.74) is 1.93. The first kappa shape index (κ1) is 13.8. The summed E-state index contributed by atoms with van der Waals surface area (Å²) in [6, 6.07) is 7.72. The Morgan fingerprint density at radius 1 is 1.48 bits per heavy atom. The van der Waals surface area contributed by atoms with Gasteiger partial charge in [-0.05, 0) is 25.8 Å². The van der Waals surface area contributed by atoms with Crippen LogP contribution in [0.3, 0.4) is 0 Å². The van der Waals surface area contributed by atoms with Crippen LogP contribution in [0.25, 0.3) is 11.4 Å². The first-order valence-electron chi connectivity index (χ1n) is 7.03. The molecule has 1 saturated heterocycles. The lowest BCUT2D eigenvalue weighted by Crippen LogP contribution is -2.31. The van der Waals surface area contributed by atoms with E-state index in [1.165, 1.54) is 0 Å². The largest absolute Gasteiger partial charge is 0.376 e. The summed E-state index contributed by atoms with van der Waals surface area (Å²) in [4.78, 5) is 16.1. The molecule has 1 aliphatic heterocycles. The quantitative estimate of drug-likeness (QED) is 0.930. The zero-order valence-electron chi connectivity index (χ0n) is 11.8. The maximum absolute atomic E-state index is 12.0. The highest BCUT2D eigenvalue weighted by Gasteiger charge is 2.20. The highest BCUT2D eigenvalue weighted by atomic mass is 16.5. The fourth-order valence-electron chi connectivity index (χ4n) is 2.30. The van der Waals surface area contributed by atoms with E-state index in [9.17, 15) is 4.79 Å². The monoisotopic (exact) mass is 287 g/mol. The molecule has 1 atom stereocenters. The fraction of sp³-hybridized carbons (Fsp3) is 0.400. The van der Waals surface area contributed by atoms with Gasteiger partial charge in [-0.1, -0.05) is 28.9 Å². The van der Waals surface area contributed by atoms with Crippen LogP contribution in [0.15, 0.2) is 28.8 Å². The molecule has 6 heteroatoms. The number of ether oxygens (including phenoxy) is 1. The minimum absolute atomic E-state index is 0.0236. The third kappa shape index (κ3) is 3.28. The lowest BCUT2D eigenvalue weighted by molar-refractivity contribution is 0.0822. The molecular formula is C15H17N3O3. The average molecular weight is 287 g/mol. The van der Waals surface area contributed by atoms with Gasteiger partial charge >= 0.3 is 11.8 Å². The number of nitrogens with one attached hydrogen (secondary N) is 1. The minimum atomic E-state index is -0.364. The number of amides is 1. The molecular weight excluding hydrogens is 270 g/mol. The zero-order chi connectivity index (χ0) is 14.7. The summed E-state index contributed by atoms with van der Waals surface area (Å²) >= 11 is 0. The number of aryl methyl sites for hydroxylation is 1. The van der Waals surface area contributed by atoms with E-state index in [1.54, 1.807) is 0 Å². The van der Waals surface area contributed by atoms with Crippen molar-refractivity contribution in [1.82, 2.24) is 15.5 Å². The van der Waals surface area contributed by atoms with Crippen LogP contribution in [-0.2, 0) is 4.74 Å². The van der Waals surface area contributed by atoms with Crippen molar-refractivity contribution in [2.45, 2.75) is 25.9 Å². The van der Waals surface area contributed by atoms with E-state index >= 15 is 0 Å². The van der Waals surface area contributed by atoms with Crippen molar-refractivity contribution >= 4 is 5.91 Å². The first-order chi connectivity index (χ1) is 10.2. The lowest BCUT2D eigenvalue weighted by Gasteiger charge is -2.08. The summed E-state index contributed by atoms with van der Waals surface area (Å²) in [6.07, 6.45) is 2.10. The van der Waals surface area contributed by atoms with Gasteiger partial charge in [0.05, 0.1) is 6.10 Å². The minimum Gasteiger partial charge on any atom is -0.376 e. The molecule has 1 aromatic carbocycles. The van der Waals surface area contributed by atoms with Gasteiger partial charge in [0.2, 0.25) is 5.82 Å². The van der Waals surface area contributed by atoms with Crippen molar-refractivity contribution in [2.24, 2.45) is 0 Å². The fourth-order valence-corrected chi connectivity index (χ4v) is 2.30. The molecule has 1 N–H and O–H groups in total. The van der Waals surface area contributed by atoms with Gasteiger partial charge in [-0.25, -0.2) is 0 Å². The van der Waals surface area contributed by atoms with Gasteiger partial charge < -0.3 is 14.6 Å². The van der Waals surface area contributed by atoms with Gasteiger partial charge in [0.1, 0.15) is 0 Å². The van der Waals surface area contributed by atoms with E-state index in [2.05, 4.69) is 15.5 Å². The van der Waals surface area contributed by atoms with Crippen molar-refractivity contribution in [2.75, 3.05) is 13.2 Å². The second-order valence-corrected chi connectivity index (χ2v) is 5.14. The lowest BCUT2D eigenvalue weighted by atomic mass is 10.1. The van der Waals surface area contributed by atoms with Crippen molar-refractivity contribution in [1.29, 1.82) is 0 Å². The molecule has 0 radical (unpaired) electrons. The molecule has 110 valence electrons. The van der Waals surface area contributed by atoms with Gasteiger partial charge in [-0.2, -0.15) is 4.98 Å². The van der Waals surface area contributed by atoms with Crippen LogP contribution in [0.1, 0.15) is 29.1 Å². The summed E-state index contributed by atoms with van der Waals surface area (Å²) < 4.78 is 10.5. The van der Waals surface area contributed by atoms with E-state index in [1.807, 2.05) is 31.2 Å². The summed E-state index contributed by atoms with van der Waals surface area (Å²) in [5.74, 6) is 0.0300. The molecule has 21 heavy (non-hydrogen) atoms. The summed E-state index contributed by atoms with van der Waals surface area (Å²) in [5, 5.41) is 6.61. The molecule has 1 fully saturated rings. The highest BCUT2D eigenvalue weighted by Crippen LogP contribution is 2.17. The predicted molar refractivity (Wildman–Crippen MR) is 75.8 cm³/mol. The Kier molecular flexibility index (Phi) is 3.96. The molecule has 0 bridgehead atoms. The standard InChI is InChI=1S/C15H17N3O3/c1-10-4-2-5-11(8-10)13-17-15(21-18-13)14(19)16-9-12-6-3-7-20-12/h2,4-5,8,12H,3,6-7,9H2,1H3,(H,16,19)/t12-/m1/s1. The topological polar surface area (TPSA) is 77.2 Å². The normalized spacial score (nSPS) is 17.9. The summed E-state index contributed by atoms with van der Waals surface area (Å²) in [6.45, 7) is 3.22. The zero-order valence-corrected chi connectivity index (χ0v) is 11.8. The van der Waals surface area contributed by atoms with E-state index in [-0.39, 0.29) is 17.9 Å². The highest BCUT2D eigenvalue weighted by molar-refractivity contribution is 5.89. The maximum Gasteiger partial charge on any atom is 0.316 e. The number of carbonyl (C=O) groups is 1. The van der Waals surface area contributed by atoms with Gasteiger partial charge in [0.25, 0.3) is 0 Å². The Bertz CT molecular complexity index is 633. The number of benzene rings is 1. The molecule has 1 aromatic heterocycles. The molecule has 1 amide bonds. The van der Waals surface area contributed by atoms with Crippen LogP contribution in [0.5, 0.6) is 0 Å². The van der Waals surface area contributed by atoms with E-state index in [0.29, 0.717) is 12.4 Å². The third-order valence-corrected chi connectivity index (χ3v) is 3.41. The summed E-state index contributed by atoms with van der Waals surface area (Å²) in [7, 11) is 0. The SMILES string of the molecule is Cc1cccc(-c2noc(C(=O)NC[C@H]3CCCO3)n2)c1. The number of nitrogens with zero attached hydrogens (tertiary/aromatic N) is 2. The molecule has 3 rings (SSSR count). The van der Waals surface area contributed by atoms with E-state index < -0.39 is 0 Å². The van der Waals surface area contributed by atoms with Gasteiger partial charge in [-0.3, -0.25) is 4.79 Å². The van der Waals surface area contributed by atoms with Crippen LogP contribution in [0.2, 0.25) is 0 Å². The number of aromatic nitrogens is 2. The number of hydrogen-bond donors (Lipinski definition) is 1. The van der Waals surface area contributed by atoms with E-state index in [0.717, 1.165) is 30.6 Å². The number of hydrogen-bond acceptors (Lipinski definition) is 5. The van der Waals surface area contributed by atoms with Gasteiger partial charge in [0, 0.05) is 18.7 Å². The van der Waals surface area contributed by atoms with Crippen molar-refractivity contribution in [3.8, 4) is 11.4 Å². The Hall–Kier alpha value is -2.21. The van der Waals surface area contributed by atoms with Crippen LogP contribution in [0, 0.1) is 6.92 Å². The van der Waals surface area contributed by atoms with Crippen LogP contribution in [0.4, 0.5) is 0 Å². The first-order valence-corrected chi connectivity index (χ1v) is 7.03. The number of rotatable bonds is 4. The maximum atomic E-state index is 12.0. The average Bonchev–Trinajstić information content (AvgIpc) is 3.16. The molecule has 2 aromatic rings. The second-order valence-electron chi connectivity index (χ2n) is 5.14. The predicted octanol–water partition coefficient (Wildman–Crippen LogP) is 1.95. The van der Waals surface area contributed by atoms with Gasteiger partial charge in [0.15, 0.2) is 0 Å². The van der Waals surface area contributed by atoms with Crippen LogP contribution >= 0.6 is 0 Å². The van der Waals surface area contributed by atoms with Crippen molar-refractivity contribution in [3.63, 3.8) is 0 Å². The van der Waals surface area contributed by atoms with Crippen LogP contribution < -0.4 is 5.32 Å². The Balaban J connectivity index is 1.65. The Labute approximate surface area is 122 Å². The molecule has 0 saturated carbocycles. The molecule has 6 nitrogen and oxygen atoms in total. The van der Waals surface area contributed by atoms with Crippen LogP contribution in [-0.4, -0.2) is 35.3 Å². The number of carbonyl (C=O) groups excluding carboxylic acids is 1. The van der Waals surface area contributed by atoms with E-state index in [4.69, 9.17) is 9.26 Å². The van der Waals surface area contributed by atoms with Crippen molar-refractivity contribution in [3.05, 3.63) is 35.7 Å². The Morgan fingerprint density at radius 3 is 3.14 bits per heavy atom.